The number of ether oxygens (including phenoxy) is 7. The number of carbonyl (C=O) groups is 4. The average Bonchev–Trinajstić information content (AvgIpc) is 2.98. The summed E-state index contributed by atoms with van der Waals surface area (Å²) in [7, 11) is 0. The van der Waals surface area contributed by atoms with Crippen molar-refractivity contribution in [2.75, 3.05) is 19.8 Å². The van der Waals surface area contributed by atoms with E-state index in [0.717, 1.165) is 5.56 Å². The highest BCUT2D eigenvalue weighted by molar-refractivity contribution is 5.91. The van der Waals surface area contributed by atoms with Gasteiger partial charge in [0.1, 0.15) is 23.4 Å². The van der Waals surface area contributed by atoms with Crippen LogP contribution in [-0.4, -0.2) is 60.5 Å². The molecule has 49 heavy (non-hydrogen) atoms. The van der Waals surface area contributed by atoms with Crippen molar-refractivity contribution in [1.82, 2.24) is 0 Å². The zero-order chi connectivity index (χ0) is 36.4. The predicted octanol–water partition coefficient (Wildman–Crippen LogP) is 6.87. The quantitative estimate of drug-likeness (QED) is 0.139. The van der Waals surface area contributed by atoms with Gasteiger partial charge in [0.15, 0.2) is 31.3 Å². The van der Waals surface area contributed by atoms with Gasteiger partial charge in [0, 0.05) is 0 Å². The maximum Gasteiger partial charge on any atom is 0.344 e. The highest BCUT2D eigenvalue weighted by Gasteiger charge is 2.25. The third-order valence-corrected chi connectivity index (χ3v) is 5.95. The molecule has 0 aromatic heterocycles. The van der Waals surface area contributed by atoms with Crippen molar-refractivity contribution in [2.45, 2.75) is 85.7 Å². The number of benzene rings is 3. The zero-order valence-corrected chi connectivity index (χ0v) is 29.7. The lowest BCUT2D eigenvalue weighted by Crippen LogP contribution is -2.28. The molecule has 11 nitrogen and oxygen atoms in total. The molecule has 3 aromatic carbocycles. The van der Waals surface area contributed by atoms with Gasteiger partial charge in [-0.15, -0.1) is 0 Å². The molecule has 0 unspecified atom stereocenters. The third-order valence-electron chi connectivity index (χ3n) is 5.95. The first-order chi connectivity index (χ1) is 22.8. The van der Waals surface area contributed by atoms with Crippen LogP contribution < -0.4 is 14.2 Å². The second-order valence-electron chi connectivity index (χ2n) is 14.1. The lowest BCUT2D eigenvalue weighted by atomic mass is 10.0. The number of esters is 4. The van der Waals surface area contributed by atoms with Gasteiger partial charge in [0.25, 0.3) is 0 Å². The number of hydrogen-bond donors (Lipinski definition) is 0. The van der Waals surface area contributed by atoms with Crippen molar-refractivity contribution in [2.24, 2.45) is 0 Å². The van der Waals surface area contributed by atoms with Crippen LogP contribution in [0.25, 0.3) is 11.1 Å². The maximum atomic E-state index is 13.0. The lowest BCUT2D eigenvalue weighted by molar-refractivity contribution is -0.159. The molecule has 0 saturated carbocycles. The van der Waals surface area contributed by atoms with Gasteiger partial charge in [-0.05, 0) is 103 Å². The van der Waals surface area contributed by atoms with Gasteiger partial charge >= 0.3 is 23.9 Å². The van der Waals surface area contributed by atoms with Crippen LogP contribution in [0.5, 0.6) is 17.2 Å². The smallest absolute Gasteiger partial charge is 0.344 e. The topological polar surface area (TPSA) is 133 Å². The number of rotatable bonds is 13. The van der Waals surface area contributed by atoms with Crippen molar-refractivity contribution >= 4 is 23.9 Å². The molecule has 11 heteroatoms. The second kappa shape index (κ2) is 16.4. The molecule has 0 aliphatic rings. The summed E-state index contributed by atoms with van der Waals surface area (Å²) in [5, 5.41) is 0. The number of carbonyl (C=O) groups excluding carboxylic acids is 4. The SMILES string of the molecule is CC(C)(C)OC(=O)COc1cc(-c2cccc(C(=O)OCc3ccccc3)c2)cc(OCC(=O)OC(C)(C)C)c1OCC(=O)OC(C)(C)C. The summed E-state index contributed by atoms with van der Waals surface area (Å²) in [5.74, 6) is -2.59. The highest BCUT2D eigenvalue weighted by Crippen LogP contribution is 2.42. The summed E-state index contributed by atoms with van der Waals surface area (Å²) in [5.41, 5.74) is -0.161. The van der Waals surface area contributed by atoms with Gasteiger partial charge in [0.2, 0.25) is 5.75 Å². The van der Waals surface area contributed by atoms with Gasteiger partial charge in [-0.3, -0.25) is 0 Å². The summed E-state index contributed by atoms with van der Waals surface area (Å²) in [4.78, 5) is 50.9. The van der Waals surface area contributed by atoms with Gasteiger partial charge in [0.05, 0.1) is 5.56 Å². The van der Waals surface area contributed by atoms with Crippen LogP contribution in [0.3, 0.4) is 0 Å². The van der Waals surface area contributed by atoms with E-state index in [1.165, 1.54) is 0 Å². The fraction of sp³-hybridized carbons (Fsp3) is 0.421. The molecule has 0 N–H and O–H groups in total. The fourth-order valence-electron chi connectivity index (χ4n) is 4.25. The molecule has 0 saturated heterocycles. The minimum absolute atomic E-state index is 0.00293. The molecule has 0 fully saturated rings. The van der Waals surface area contributed by atoms with Crippen LogP contribution in [0.1, 0.15) is 78.2 Å². The lowest BCUT2D eigenvalue weighted by Gasteiger charge is -2.23. The Hall–Kier alpha value is -5.06. The summed E-state index contributed by atoms with van der Waals surface area (Å²) in [6, 6.07) is 19.1. The second-order valence-corrected chi connectivity index (χ2v) is 14.1. The van der Waals surface area contributed by atoms with E-state index in [-0.39, 0.29) is 29.4 Å². The molecule has 3 rings (SSSR count). The van der Waals surface area contributed by atoms with Crippen molar-refractivity contribution in [3.05, 3.63) is 77.9 Å². The summed E-state index contributed by atoms with van der Waals surface area (Å²) < 4.78 is 39.3. The van der Waals surface area contributed by atoms with Crippen molar-refractivity contribution in [3.63, 3.8) is 0 Å². The first kappa shape index (κ1) is 38.4. The van der Waals surface area contributed by atoms with Crippen LogP contribution in [0, 0.1) is 0 Å². The monoisotopic (exact) mass is 678 g/mol. The summed E-state index contributed by atoms with van der Waals surface area (Å²) >= 11 is 0. The molecule has 3 aromatic rings. The molecule has 0 aliphatic carbocycles. The van der Waals surface area contributed by atoms with Crippen LogP contribution >= 0.6 is 0 Å². The van der Waals surface area contributed by atoms with E-state index in [4.69, 9.17) is 33.2 Å². The fourth-order valence-corrected chi connectivity index (χ4v) is 4.25. The van der Waals surface area contributed by atoms with Gasteiger partial charge < -0.3 is 33.2 Å². The van der Waals surface area contributed by atoms with E-state index in [0.29, 0.717) is 11.1 Å². The van der Waals surface area contributed by atoms with Crippen molar-refractivity contribution in [3.8, 4) is 28.4 Å². The first-order valence-corrected chi connectivity index (χ1v) is 15.8. The molecule has 0 atom stereocenters. The van der Waals surface area contributed by atoms with E-state index < -0.39 is 60.5 Å². The van der Waals surface area contributed by atoms with Crippen molar-refractivity contribution in [1.29, 1.82) is 0 Å². The van der Waals surface area contributed by atoms with E-state index in [1.54, 1.807) is 98.7 Å². The Morgan fingerprint density at radius 2 is 1.00 bits per heavy atom. The third kappa shape index (κ3) is 13.9. The number of hydrogen-bond acceptors (Lipinski definition) is 11. The average molecular weight is 679 g/mol. The van der Waals surface area contributed by atoms with Crippen LogP contribution in [0.4, 0.5) is 0 Å². The molecule has 0 aliphatic heterocycles. The van der Waals surface area contributed by atoms with Gasteiger partial charge in [-0.2, -0.15) is 0 Å². The molecule has 0 heterocycles. The Bertz CT molecular complexity index is 1550. The standard InChI is InChI=1S/C38H46O11/c1-36(2,3)47-31(39)22-43-29-19-28(26-16-13-17-27(18-26)35(42)46-21-25-14-11-10-12-15-25)20-30(44-23-32(40)48-37(4,5)6)34(29)45-24-33(41)49-38(7,8)9/h10-20H,21-24H2,1-9H3. The molecule has 0 bridgehead atoms. The zero-order valence-electron chi connectivity index (χ0n) is 29.7. The first-order valence-electron chi connectivity index (χ1n) is 15.8. The molecular formula is C38H46O11. The minimum Gasteiger partial charge on any atom is -0.478 e. The largest absolute Gasteiger partial charge is 0.478 e. The van der Waals surface area contributed by atoms with E-state index in [9.17, 15) is 19.2 Å². The Morgan fingerprint density at radius 3 is 1.47 bits per heavy atom. The Balaban J connectivity index is 2.03. The summed E-state index contributed by atoms with van der Waals surface area (Å²) in [6.07, 6.45) is 0. The highest BCUT2D eigenvalue weighted by atomic mass is 16.6. The maximum absolute atomic E-state index is 13.0. The van der Waals surface area contributed by atoms with E-state index in [1.807, 2.05) is 30.3 Å². The van der Waals surface area contributed by atoms with E-state index in [2.05, 4.69) is 0 Å². The molecule has 0 spiro atoms. The van der Waals surface area contributed by atoms with Crippen LogP contribution in [0.2, 0.25) is 0 Å². The van der Waals surface area contributed by atoms with Gasteiger partial charge in [-0.1, -0.05) is 42.5 Å². The van der Waals surface area contributed by atoms with E-state index >= 15 is 0 Å². The Kier molecular flexibility index (Phi) is 12.8. The van der Waals surface area contributed by atoms with Crippen LogP contribution in [-0.2, 0) is 39.9 Å². The molecule has 0 amide bonds. The Labute approximate surface area is 287 Å². The summed E-state index contributed by atoms with van der Waals surface area (Å²) in [6.45, 7) is 14.0. The molecule has 0 radical (unpaired) electrons. The molecule has 264 valence electrons. The minimum atomic E-state index is -0.774. The van der Waals surface area contributed by atoms with Crippen LogP contribution in [0.15, 0.2) is 66.7 Å². The van der Waals surface area contributed by atoms with Gasteiger partial charge in [-0.25, -0.2) is 19.2 Å². The predicted molar refractivity (Wildman–Crippen MR) is 181 cm³/mol. The molecular weight excluding hydrogens is 632 g/mol. The van der Waals surface area contributed by atoms with Crippen molar-refractivity contribution < 1.29 is 52.3 Å². The Morgan fingerprint density at radius 1 is 0.531 bits per heavy atom. The normalized spacial score (nSPS) is 11.6.